The van der Waals surface area contributed by atoms with Crippen LogP contribution in [0.25, 0.3) is 0 Å². The van der Waals surface area contributed by atoms with E-state index in [1.165, 1.54) is 16.7 Å². The van der Waals surface area contributed by atoms with E-state index in [9.17, 15) is 0 Å². The van der Waals surface area contributed by atoms with Gasteiger partial charge in [-0.2, -0.15) is 0 Å². The fraction of sp³-hybridized carbons (Fsp3) is 0.368. The minimum Gasteiger partial charge on any atom is -0.491 e. The summed E-state index contributed by atoms with van der Waals surface area (Å²) >= 11 is 0. The second-order valence-electron chi connectivity index (χ2n) is 5.61. The summed E-state index contributed by atoms with van der Waals surface area (Å²) < 4.78 is 5.98. The third kappa shape index (κ3) is 4.08. The van der Waals surface area contributed by atoms with Gasteiger partial charge in [0.05, 0.1) is 12.1 Å². The lowest BCUT2D eigenvalue weighted by molar-refractivity contribution is 0.238. The summed E-state index contributed by atoms with van der Waals surface area (Å²) in [5.41, 5.74) is 3.74. The Morgan fingerprint density at radius 1 is 1.05 bits per heavy atom. The molecule has 0 spiro atoms. The van der Waals surface area contributed by atoms with Gasteiger partial charge in [-0.05, 0) is 38.9 Å². The molecule has 1 N–H and O–H groups in total. The lowest BCUT2D eigenvalue weighted by atomic mass is 9.96. The largest absolute Gasteiger partial charge is 0.491 e. The van der Waals surface area contributed by atoms with Crippen molar-refractivity contribution in [3.05, 3.63) is 65.2 Å². The first-order valence-electron chi connectivity index (χ1n) is 7.67. The van der Waals surface area contributed by atoms with Crippen LogP contribution in [0.15, 0.2) is 48.5 Å². The summed E-state index contributed by atoms with van der Waals surface area (Å²) in [4.78, 5) is 0. The number of hydrogen-bond acceptors (Lipinski definition) is 2. The molecule has 0 aliphatic carbocycles. The van der Waals surface area contributed by atoms with Crippen molar-refractivity contribution >= 4 is 0 Å². The van der Waals surface area contributed by atoms with Gasteiger partial charge in [-0.15, -0.1) is 0 Å². The third-order valence-electron chi connectivity index (χ3n) is 3.38. The summed E-state index contributed by atoms with van der Waals surface area (Å²) in [6.45, 7) is 9.30. The van der Waals surface area contributed by atoms with Gasteiger partial charge >= 0.3 is 0 Å². The van der Waals surface area contributed by atoms with Crippen molar-refractivity contribution in [1.29, 1.82) is 0 Å². The van der Waals surface area contributed by atoms with Crippen LogP contribution in [0.2, 0.25) is 0 Å². The molecule has 0 bridgehead atoms. The molecule has 1 atom stereocenters. The van der Waals surface area contributed by atoms with Gasteiger partial charge in [0, 0.05) is 5.56 Å². The fourth-order valence-corrected chi connectivity index (χ4v) is 2.54. The molecular formula is C19H25NO. The predicted octanol–water partition coefficient (Wildman–Crippen LogP) is 4.48. The average molecular weight is 283 g/mol. The van der Waals surface area contributed by atoms with Crippen LogP contribution in [0.5, 0.6) is 5.75 Å². The van der Waals surface area contributed by atoms with Crippen LogP contribution in [0.4, 0.5) is 0 Å². The van der Waals surface area contributed by atoms with E-state index in [2.05, 4.69) is 75.5 Å². The van der Waals surface area contributed by atoms with Gasteiger partial charge in [-0.25, -0.2) is 0 Å². The highest BCUT2D eigenvalue weighted by atomic mass is 16.5. The van der Waals surface area contributed by atoms with Crippen LogP contribution in [-0.2, 0) is 0 Å². The molecule has 0 heterocycles. The van der Waals surface area contributed by atoms with E-state index in [0.29, 0.717) is 0 Å². The Balaban J connectivity index is 2.43. The van der Waals surface area contributed by atoms with Crippen LogP contribution in [-0.4, -0.2) is 12.6 Å². The van der Waals surface area contributed by atoms with Crippen LogP contribution < -0.4 is 10.1 Å². The fourth-order valence-electron chi connectivity index (χ4n) is 2.54. The highest BCUT2D eigenvalue weighted by Gasteiger charge is 2.17. The third-order valence-corrected chi connectivity index (χ3v) is 3.38. The molecule has 21 heavy (non-hydrogen) atoms. The first-order chi connectivity index (χ1) is 10.1. The minimum absolute atomic E-state index is 0.157. The van der Waals surface area contributed by atoms with Crippen LogP contribution in [0, 0.1) is 6.92 Å². The van der Waals surface area contributed by atoms with Crippen LogP contribution in [0.3, 0.4) is 0 Å². The van der Waals surface area contributed by atoms with Gasteiger partial charge in [-0.3, -0.25) is 0 Å². The molecule has 2 rings (SSSR count). The highest BCUT2D eigenvalue weighted by molar-refractivity contribution is 5.42. The Labute approximate surface area is 128 Å². The molecule has 0 aliphatic rings. The van der Waals surface area contributed by atoms with Gasteiger partial charge in [0.1, 0.15) is 5.75 Å². The summed E-state index contributed by atoms with van der Waals surface area (Å²) in [5, 5.41) is 3.58. The first kappa shape index (κ1) is 15.6. The Bertz CT molecular complexity index is 577. The zero-order chi connectivity index (χ0) is 15.2. The molecule has 0 saturated heterocycles. The van der Waals surface area contributed by atoms with Gasteiger partial charge in [-0.1, -0.05) is 55.0 Å². The SMILES string of the molecule is CCNC(c1cccc(C)c1)c1ccccc1OC(C)C. The van der Waals surface area contributed by atoms with Crippen LogP contribution >= 0.6 is 0 Å². The van der Waals surface area contributed by atoms with Gasteiger partial charge < -0.3 is 10.1 Å². The predicted molar refractivity (Wildman–Crippen MR) is 88.9 cm³/mol. The maximum atomic E-state index is 5.98. The molecule has 0 saturated carbocycles. The number of ether oxygens (including phenoxy) is 1. The number of benzene rings is 2. The standard InChI is InChI=1S/C19H25NO/c1-5-20-19(16-10-8-9-15(4)13-16)17-11-6-7-12-18(17)21-14(2)3/h6-14,19-20H,5H2,1-4H3. The summed E-state index contributed by atoms with van der Waals surface area (Å²) in [5.74, 6) is 0.958. The smallest absolute Gasteiger partial charge is 0.124 e. The molecule has 0 aromatic heterocycles. The monoisotopic (exact) mass is 283 g/mol. The van der Waals surface area contributed by atoms with E-state index in [-0.39, 0.29) is 12.1 Å². The van der Waals surface area contributed by atoms with Crippen molar-refractivity contribution in [2.24, 2.45) is 0 Å². The number of para-hydroxylation sites is 1. The van der Waals surface area contributed by atoms with E-state index >= 15 is 0 Å². The molecule has 112 valence electrons. The molecule has 2 aromatic rings. The molecule has 2 heteroatoms. The van der Waals surface area contributed by atoms with E-state index in [4.69, 9.17) is 4.74 Å². The number of aryl methyl sites for hydroxylation is 1. The normalized spacial score (nSPS) is 12.4. The second kappa shape index (κ2) is 7.28. The lowest BCUT2D eigenvalue weighted by Gasteiger charge is -2.23. The summed E-state index contributed by atoms with van der Waals surface area (Å²) in [7, 11) is 0. The lowest BCUT2D eigenvalue weighted by Crippen LogP contribution is -2.23. The van der Waals surface area contributed by atoms with Crippen molar-refractivity contribution in [1.82, 2.24) is 5.32 Å². The molecule has 1 unspecified atom stereocenters. The topological polar surface area (TPSA) is 21.3 Å². The number of hydrogen-bond donors (Lipinski definition) is 1. The quantitative estimate of drug-likeness (QED) is 0.844. The molecule has 0 radical (unpaired) electrons. The highest BCUT2D eigenvalue weighted by Crippen LogP contribution is 2.31. The van der Waals surface area contributed by atoms with E-state index in [1.54, 1.807) is 0 Å². The number of rotatable bonds is 6. The van der Waals surface area contributed by atoms with Gasteiger partial charge in [0.15, 0.2) is 0 Å². The van der Waals surface area contributed by atoms with Gasteiger partial charge in [0.25, 0.3) is 0 Å². The van der Waals surface area contributed by atoms with E-state index < -0.39 is 0 Å². The Morgan fingerprint density at radius 2 is 1.81 bits per heavy atom. The number of nitrogens with one attached hydrogen (secondary N) is 1. The zero-order valence-electron chi connectivity index (χ0n) is 13.4. The average Bonchev–Trinajstić information content (AvgIpc) is 2.45. The van der Waals surface area contributed by atoms with Crippen molar-refractivity contribution < 1.29 is 4.74 Å². The molecular weight excluding hydrogens is 258 g/mol. The molecule has 0 fully saturated rings. The maximum Gasteiger partial charge on any atom is 0.124 e. The Morgan fingerprint density at radius 3 is 2.48 bits per heavy atom. The van der Waals surface area contributed by atoms with E-state index in [0.717, 1.165) is 12.3 Å². The second-order valence-corrected chi connectivity index (χ2v) is 5.61. The van der Waals surface area contributed by atoms with Crippen molar-refractivity contribution in [2.45, 2.75) is 39.8 Å². The summed E-state index contributed by atoms with van der Waals surface area (Å²) in [6.07, 6.45) is 0.172. The Kier molecular flexibility index (Phi) is 5.40. The van der Waals surface area contributed by atoms with E-state index in [1.807, 2.05) is 6.07 Å². The Hall–Kier alpha value is -1.80. The first-order valence-corrected chi connectivity index (χ1v) is 7.67. The molecule has 2 aromatic carbocycles. The maximum absolute atomic E-state index is 5.98. The zero-order valence-corrected chi connectivity index (χ0v) is 13.4. The minimum atomic E-state index is 0.157. The van der Waals surface area contributed by atoms with Gasteiger partial charge in [0.2, 0.25) is 0 Å². The van der Waals surface area contributed by atoms with Crippen molar-refractivity contribution in [3.63, 3.8) is 0 Å². The van der Waals surface area contributed by atoms with Crippen molar-refractivity contribution in [3.8, 4) is 5.75 Å². The van der Waals surface area contributed by atoms with Crippen molar-refractivity contribution in [2.75, 3.05) is 6.54 Å². The molecule has 0 aliphatic heterocycles. The summed E-state index contributed by atoms with van der Waals surface area (Å²) in [6, 6.07) is 17.1. The molecule has 2 nitrogen and oxygen atoms in total. The van der Waals surface area contributed by atoms with Crippen LogP contribution in [0.1, 0.15) is 43.5 Å². The molecule has 0 amide bonds.